The summed E-state index contributed by atoms with van der Waals surface area (Å²) >= 11 is 1.30. The van der Waals surface area contributed by atoms with Gasteiger partial charge in [-0.25, -0.2) is 10.1 Å². The van der Waals surface area contributed by atoms with Gasteiger partial charge in [0.15, 0.2) is 0 Å². The van der Waals surface area contributed by atoms with Crippen molar-refractivity contribution < 1.29 is 22.9 Å². The number of benzene rings is 4. The lowest BCUT2D eigenvalue weighted by atomic mass is 10.1. The molecule has 0 saturated heterocycles. The van der Waals surface area contributed by atoms with Crippen molar-refractivity contribution in [3.05, 3.63) is 135 Å². The van der Waals surface area contributed by atoms with Crippen LogP contribution in [0.3, 0.4) is 0 Å². The minimum atomic E-state index is -4.53. The van der Waals surface area contributed by atoms with Crippen LogP contribution in [-0.4, -0.2) is 32.0 Å². The Balaban J connectivity index is 1.24. The number of non-ortho nitro benzene ring substituents is 1. The van der Waals surface area contributed by atoms with E-state index in [1.54, 1.807) is 46.1 Å². The van der Waals surface area contributed by atoms with Crippen molar-refractivity contribution in [2.45, 2.75) is 29.1 Å². The van der Waals surface area contributed by atoms with Crippen molar-refractivity contribution in [1.82, 2.24) is 20.4 Å². The molecule has 1 aliphatic heterocycles. The number of anilines is 2. The molecule has 1 N–H and O–H groups in total. The van der Waals surface area contributed by atoms with Crippen molar-refractivity contribution >= 4 is 40.9 Å². The summed E-state index contributed by atoms with van der Waals surface area (Å²) in [6.45, 7) is 0.525. The number of aromatic nitrogens is 3. The number of nitro benzene ring substituents is 1. The van der Waals surface area contributed by atoms with Gasteiger partial charge in [-0.1, -0.05) is 35.2 Å². The fraction of sp³-hybridized carbons (Fsp3) is 0.0938. The first-order chi connectivity index (χ1) is 22.6. The van der Waals surface area contributed by atoms with E-state index in [0.29, 0.717) is 39.6 Å². The Morgan fingerprint density at radius 1 is 1.00 bits per heavy atom. The third-order valence-corrected chi connectivity index (χ3v) is 8.24. The highest BCUT2D eigenvalue weighted by molar-refractivity contribution is 7.99. The number of hydrogen-bond donors (Lipinski definition) is 1. The van der Waals surface area contributed by atoms with Crippen LogP contribution in [0.4, 0.5) is 30.2 Å². The van der Waals surface area contributed by atoms with Gasteiger partial charge in [0.05, 0.1) is 59.0 Å². The molecule has 0 atom stereocenters. The van der Waals surface area contributed by atoms with E-state index in [0.717, 1.165) is 22.6 Å². The third-order valence-electron chi connectivity index (χ3n) is 7.13. The number of alkyl halides is 3. The van der Waals surface area contributed by atoms with Crippen LogP contribution in [0.5, 0.6) is 0 Å². The quantitative estimate of drug-likeness (QED) is 0.111. The minimum absolute atomic E-state index is 0.133. The lowest BCUT2D eigenvalue weighted by Crippen LogP contribution is -2.21. The fourth-order valence-electron chi connectivity index (χ4n) is 4.81. The summed E-state index contributed by atoms with van der Waals surface area (Å²) in [5.74, 6) is -0.559. The molecule has 0 aliphatic carbocycles. The molecule has 4 aromatic carbocycles. The highest BCUT2D eigenvalue weighted by Gasteiger charge is 2.33. The van der Waals surface area contributed by atoms with Crippen LogP contribution < -0.4 is 10.3 Å². The van der Waals surface area contributed by atoms with Gasteiger partial charge < -0.3 is 4.90 Å². The summed E-state index contributed by atoms with van der Waals surface area (Å²) in [6, 6.07) is 23.1. The Bertz CT molecular complexity index is 2060. The first-order valence-corrected chi connectivity index (χ1v) is 14.7. The van der Waals surface area contributed by atoms with Crippen molar-refractivity contribution in [3.63, 3.8) is 0 Å². The molecule has 11 nitrogen and oxygen atoms in total. The normalized spacial score (nSPS) is 12.3. The number of amides is 1. The number of carbonyl (C=O) groups is 1. The molecule has 234 valence electrons. The van der Waals surface area contributed by atoms with E-state index in [9.17, 15) is 28.1 Å². The topological polar surface area (TPSA) is 142 Å². The van der Waals surface area contributed by atoms with Crippen LogP contribution >= 0.6 is 11.8 Å². The number of nitrogens with one attached hydrogen (secondary N) is 1. The summed E-state index contributed by atoms with van der Waals surface area (Å²) in [7, 11) is 0. The van der Waals surface area contributed by atoms with Crippen LogP contribution in [0.25, 0.3) is 0 Å². The second kappa shape index (κ2) is 12.8. The highest BCUT2D eigenvalue weighted by Crippen LogP contribution is 2.50. The maximum Gasteiger partial charge on any atom is 0.416 e. The van der Waals surface area contributed by atoms with E-state index >= 15 is 0 Å². The van der Waals surface area contributed by atoms with Crippen LogP contribution in [0, 0.1) is 21.4 Å². The molecule has 15 heteroatoms. The molecule has 0 saturated carbocycles. The molecule has 0 unspecified atom stereocenters. The zero-order valence-electron chi connectivity index (χ0n) is 24.0. The molecule has 2 heterocycles. The third kappa shape index (κ3) is 6.97. The minimum Gasteiger partial charge on any atom is -0.333 e. The molecular weight excluding hydrogens is 633 g/mol. The van der Waals surface area contributed by atoms with Gasteiger partial charge >= 0.3 is 6.18 Å². The number of halogens is 3. The SMILES string of the molecule is N#Cc1ccc(Cn2cc(CN3c4ccc(/C=N/NC(=O)c5ccc([N+](=O)[O-])cc5)cc4Sc4ccc(C(F)(F)F)cc43)nn2)cc1. The molecule has 0 radical (unpaired) electrons. The largest absolute Gasteiger partial charge is 0.416 e. The zero-order chi connectivity index (χ0) is 33.1. The summed E-state index contributed by atoms with van der Waals surface area (Å²) in [5.41, 5.74) is 5.25. The number of nitriles is 1. The molecule has 0 bridgehead atoms. The number of hydrogen-bond acceptors (Lipinski definition) is 9. The lowest BCUT2D eigenvalue weighted by molar-refractivity contribution is -0.384. The van der Waals surface area contributed by atoms with Crippen molar-refractivity contribution in [2.75, 3.05) is 4.90 Å². The molecular formula is C32H21F3N8O3S. The van der Waals surface area contributed by atoms with Crippen molar-refractivity contribution in [2.24, 2.45) is 5.10 Å². The average Bonchev–Trinajstić information content (AvgIpc) is 3.50. The highest BCUT2D eigenvalue weighted by atomic mass is 32.2. The monoisotopic (exact) mass is 654 g/mol. The number of hydrazone groups is 1. The van der Waals surface area contributed by atoms with Gasteiger partial charge in [0.2, 0.25) is 0 Å². The number of nitro groups is 1. The number of carbonyl (C=O) groups excluding carboxylic acids is 1. The Morgan fingerprint density at radius 2 is 1.77 bits per heavy atom. The molecule has 1 aliphatic rings. The van der Waals surface area contributed by atoms with Gasteiger partial charge in [0.25, 0.3) is 11.6 Å². The predicted molar refractivity (Wildman–Crippen MR) is 166 cm³/mol. The molecule has 6 rings (SSSR count). The average molecular weight is 655 g/mol. The van der Waals surface area contributed by atoms with E-state index in [1.165, 1.54) is 48.3 Å². The first-order valence-electron chi connectivity index (χ1n) is 13.8. The number of fused-ring (bicyclic) bond motifs is 2. The molecule has 0 spiro atoms. The summed E-state index contributed by atoms with van der Waals surface area (Å²) in [5, 5.41) is 32.3. The Morgan fingerprint density at radius 3 is 2.47 bits per heavy atom. The summed E-state index contributed by atoms with van der Waals surface area (Å²) < 4.78 is 42.8. The Kier molecular flexibility index (Phi) is 8.42. The Labute approximate surface area is 269 Å². The van der Waals surface area contributed by atoms with E-state index in [-0.39, 0.29) is 17.8 Å². The van der Waals surface area contributed by atoms with Crippen LogP contribution in [0.2, 0.25) is 0 Å². The molecule has 1 amide bonds. The number of rotatable bonds is 8. The Hall–Kier alpha value is -6.01. The van der Waals surface area contributed by atoms with Gasteiger partial charge in [0, 0.05) is 27.5 Å². The van der Waals surface area contributed by atoms with Gasteiger partial charge in [-0.3, -0.25) is 14.9 Å². The standard InChI is InChI=1S/C32H21F3N8O3S/c33-32(34,35)24-8-12-29-28(14-24)42(19-25-18-41(40-38-25)17-21-3-1-20(15-36)2-4-21)27-11-5-22(13-30(27)47-29)16-37-39-31(44)23-6-9-26(10-7-23)43(45)46/h1-14,16,18H,17,19H2,(H,39,44)/b37-16+. The molecule has 1 aromatic heterocycles. The summed E-state index contributed by atoms with van der Waals surface area (Å²) in [4.78, 5) is 25.8. The number of nitrogens with zero attached hydrogens (tertiary/aromatic N) is 7. The maximum atomic E-state index is 13.7. The van der Waals surface area contributed by atoms with Crippen molar-refractivity contribution in [1.29, 1.82) is 5.26 Å². The van der Waals surface area contributed by atoms with Crippen LogP contribution in [0.15, 0.2) is 106 Å². The fourth-order valence-corrected chi connectivity index (χ4v) is 5.94. The van der Waals surface area contributed by atoms with Gasteiger partial charge in [-0.2, -0.15) is 23.5 Å². The van der Waals surface area contributed by atoms with Crippen LogP contribution in [-0.2, 0) is 19.3 Å². The van der Waals surface area contributed by atoms with E-state index in [1.807, 2.05) is 12.1 Å². The van der Waals surface area contributed by atoms with E-state index < -0.39 is 22.6 Å². The van der Waals surface area contributed by atoms with Crippen molar-refractivity contribution in [3.8, 4) is 6.07 Å². The summed E-state index contributed by atoms with van der Waals surface area (Å²) in [6.07, 6.45) is -1.39. The van der Waals surface area contributed by atoms with Gasteiger partial charge in [-0.15, -0.1) is 5.10 Å². The zero-order valence-corrected chi connectivity index (χ0v) is 24.9. The second-order valence-electron chi connectivity index (χ2n) is 10.3. The second-order valence-corrected chi connectivity index (χ2v) is 11.4. The molecule has 0 fully saturated rings. The van der Waals surface area contributed by atoms with Crippen LogP contribution in [0.1, 0.15) is 38.3 Å². The van der Waals surface area contributed by atoms with E-state index in [2.05, 4.69) is 26.9 Å². The van der Waals surface area contributed by atoms with E-state index in [4.69, 9.17) is 5.26 Å². The first kappa shape index (κ1) is 31.0. The molecule has 47 heavy (non-hydrogen) atoms. The maximum absolute atomic E-state index is 13.7. The molecule has 5 aromatic rings. The predicted octanol–water partition coefficient (Wildman–Crippen LogP) is 6.69. The van der Waals surface area contributed by atoms with Gasteiger partial charge in [0.1, 0.15) is 5.69 Å². The smallest absolute Gasteiger partial charge is 0.333 e. The van der Waals surface area contributed by atoms with Gasteiger partial charge in [-0.05, 0) is 65.7 Å². The lowest BCUT2D eigenvalue weighted by Gasteiger charge is -2.33.